The number of hydrogen-bond acceptors (Lipinski definition) is 5. The minimum absolute atomic E-state index is 0.0411. The first-order valence-electron chi connectivity index (χ1n) is 8.84. The van der Waals surface area contributed by atoms with Crippen molar-refractivity contribution in [2.24, 2.45) is 5.92 Å². The van der Waals surface area contributed by atoms with Gasteiger partial charge in [0.1, 0.15) is 5.82 Å². The molecule has 0 amide bonds. The van der Waals surface area contributed by atoms with Gasteiger partial charge < -0.3 is 9.88 Å². The van der Waals surface area contributed by atoms with Gasteiger partial charge in [0.25, 0.3) is 0 Å². The molecule has 0 bridgehead atoms. The summed E-state index contributed by atoms with van der Waals surface area (Å²) in [6.07, 6.45) is 2.38. The zero-order chi connectivity index (χ0) is 18.6. The molecule has 1 aromatic heterocycles. The Balaban J connectivity index is 1.83. The zero-order valence-corrected chi connectivity index (χ0v) is 15.9. The number of sulfonamides is 1. The fourth-order valence-electron chi connectivity index (χ4n) is 2.96. The van der Waals surface area contributed by atoms with Gasteiger partial charge in [-0.15, -0.1) is 10.2 Å². The van der Waals surface area contributed by atoms with Crippen molar-refractivity contribution >= 4 is 16.1 Å². The molecule has 3 rings (SSSR count). The lowest BCUT2D eigenvalue weighted by Gasteiger charge is -2.21. The SMILES string of the molecule is CC(C)C(NS(=O)(=O)C=Cc1ccccc1)c1nnc2n1CCNCC2. The van der Waals surface area contributed by atoms with E-state index in [2.05, 4.69) is 20.2 Å². The lowest BCUT2D eigenvalue weighted by molar-refractivity contribution is 0.426. The van der Waals surface area contributed by atoms with Crippen molar-refractivity contribution in [3.8, 4) is 0 Å². The van der Waals surface area contributed by atoms with Gasteiger partial charge in [0, 0.05) is 31.5 Å². The first kappa shape index (κ1) is 18.8. The van der Waals surface area contributed by atoms with Crippen LogP contribution in [0.5, 0.6) is 0 Å². The third-order valence-corrected chi connectivity index (χ3v) is 5.45. The van der Waals surface area contributed by atoms with Crippen molar-refractivity contribution in [1.29, 1.82) is 0 Å². The van der Waals surface area contributed by atoms with Gasteiger partial charge in [-0.25, -0.2) is 13.1 Å². The fraction of sp³-hybridized carbons (Fsp3) is 0.444. The number of hydrogen-bond donors (Lipinski definition) is 2. The lowest BCUT2D eigenvalue weighted by atomic mass is 10.1. The molecular formula is C18H25N5O2S. The molecule has 0 radical (unpaired) electrons. The maximum absolute atomic E-state index is 12.6. The quantitative estimate of drug-likeness (QED) is 0.802. The molecule has 0 saturated carbocycles. The Morgan fingerprint density at radius 1 is 1.19 bits per heavy atom. The van der Waals surface area contributed by atoms with Crippen molar-refractivity contribution in [2.45, 2.75) is 32.9 Å². The molecule has 0 spiro atoms. The van der Waals surface area contributed by atoms with E-state index in [-0.39, 0.29) is 5.92 Å². The van der Waals surface area contributed by atoms with Crippen LogP contribution in [-0.4, -0.2) is 36.3 Å². The molecule has 1 aliphatic rings. The van der Waals surface area contributed by atoms with E-state index in [1.807, 2.05) is 48.7 Å². The summed E-state index contributed by atoms with van der Waals surface area (Å²) in [6.45, 7) is 6.37. The van der Waals surface area contributed by atoms with E-state index in [9.17, 15) is 8.42 Å². The Labute approximate surface area is 154 Å². The molecule has 8 heteroatoms. The largest absolute Gasteiger partial charge is 0.315 e. The van der Waals surface area contributed by atoms with E-state index in [1.165, 1.54) is 5.41 Å². The minimum Gasteiger partial charge on any atom is -0.315 e. The highest BCUT2D eigenvalue weighted by Gasteiger charge is 2.27. The van der Waals surface area contributed by atoms with Gasteiger partial charge >= 0.3 is 0 Å². The predicted octanol–water partition coefficient (Wildman–Crippen LogP) is 1.71. The molecule has 1 aromatic carbocycles. The molecule has 26 heavy (non-hydrogen) atoms. The predicted molar refractivity (Wildman–Crippen MR) is 102 cm³/mol. The summed E-state index contributed by atoms with van der Waals surface area (Å²) in [6, 6.07) is 8.92. The standard InChI is InChI=1S/C18H25N5O2S/c1-14(2)17(18-21-20-16-8-10-19-11-12-23(16)18)22-26(24,25)13-9-15-6-4-3-5-7-15/h3-7,9,13-14,17,19,22H,8,10-12H2,1-2H3. The molecular weight excluding hydrogens is 350 g/mol. The number of nitrogens with one attached hydrogen (secondary N) is 2. The maximum atomic E-state index is 12.6. The van der Waals surface area contributed by atoms with Crippen LogP contribution in [0.3, 0.4) is 0 Å². The third-order valence-electron chi connectivity index (χ3n) is 4.37. The number of benzene rings is 1. The van der Waals surface area contributed by atoms with Gasteiger partial charge in [-0.2, -0.15) is 0 Å². The molecule has 1 aliphatic heterocycles. The third kappa shape index (κ3) is 4.57. The Morgan fingerprint density at radius 2 is 1.96 bits per heavy atom. The molecule has 2 heterocycles. The van der Waals surface area contributed by atoms with Crippen molar-refractivity contribution in [3.05, 3.63) is 53.0 Å². The van der Waals surface area contributed by atoms with Crippen LogP contribution in [0, 0.1) is 5.92 Å². The van der Waals surface area contributed by atoms with Crippen molar-refractivity contribution < 1.29 is 8.42 Å². The summed E-state index contributed by atoms with van der Waals surface area (Å²) in [7, 11) is -3.61. The van der Waals surface area contributed by atoms with Crippen LogP contribution in [0.2, 0.25) is 0 Å². The smallest absolute Gasteiger partial charge is 0.234 e. The van der Waals surface area contributed by atoms with Crippen LogP contribution in [-0.2, 0) is 23.0 Å². The Hall–Kier alpha value is -2.03. The Kier molecular flexibility index (Phi) is 5.85. The molecule has 0 saturated heterocycles. The lowest BCUT2D eigenvalue weighted by Crippen LogP contribution is -2.33. The average molecular weight is 375 g/mol. The monoisotopic (exact) mass is 375 g/mol. The normalized spacial score (nSPS) is 16.6. The van der Waals surface area contributed by atoms with E-state index in [4.69, 9.17) is 0 Å². The summed E-state index contributed by atoms with van der Waals surface area (Å²) >= 11 is 0. The summed E-state index contributed by atoms with van der Waals surface area (Å²) in [5.74, 6) is 1.62. The van der Waals surface area contributed by atoms with E-state index in [0.29, 0.717) is 5.82 Å². The van der Waals surface area contributed by atoms with Crippen molar-refractivity contribution in [1.82, 2.24) is 24.8 Å². The molecule has 0 aliphatic carbocycles. The van der Waals surface area contributed by atoms with Crippen LogP contribution in [0.1, 0.15) is 37.1 Å². The summed E-state index contributed by atoms with van der Waals surface area (Å²) in [5.41, 5.74) is 0.835. The van der Waals surface area contributed by atoms with Crippen molar-refractivity contribution in [3.63, 3.8) is 0 Å². The molecule has 0 fully saturated rings. The summed E-state index contributed by atoms with van der Waals surface area (Å²) < 4.78 is 30.0. The van der Waals surface area contributed by atoms with Crippen LogP contribution in [0.4, 0.5) is 0 Å². The fourth-order valence-corrected chi connectivity index (χ4v) is 4.11. The highest BCUT2D eigenvalue weighted by molar-refractivity contribution is 7.92. The summed E-state index contributed by atoms with van der Waals surface area (Å²) in [5, 5.41) is 13.1. The molecule has 2 aromatic rings. The number of aromatic nitrogens is 3. The first-order valence-corrected chi connectivity index (χ1v) is 10.4. The van der Waals surface area contributed by atoms with Gasteiger partial charge in [-0.1, -0.05) is 44.2 Å². The Morgan fingerprint density at radius 3 is 2.69 bits per heavy atom. The van der Waals surface area contributed by atoms with Crippen LogP contribution in [0.15, 0.2) is 35.7 Å². The second kappa shape index (κ2) is 8.11. The second-order valence-electron chi connectivity index (χ2n) is 6.72. The van der Waals surface area contributed by atoms with Gasteiger partial charge in [0.2, 0.25) is 10.0 Å². The van der Waals surface area contributed by atoms with Crippen LogP contribution < -0.4 is 10.0 Å². The number of rotatable bonds is 6. The number of nitrogens with zero attached hydrogens (tertiary/aromatic N) is 3. The molecule has 7 nitrogen and oxygen atoms in total. The topological polar surface area (TPSA) is 88.9 Å². The maximum Gasteiger partial charge on any atom is 0.234 e. The first-order chi connectivity index (χ1) is 12.5. The minimum atomic E-state index is -3.61. The van der Waals surface area contributed by atoms with Gasteiger partial charge in [-0.3, -0.25) is 0 Å². The highest BCUT2D eigenvalue weighted by atomic mass is 32.2. The van der Waals surface area contributed by atoms with E-state index >= 15 is 0 Å². The summed E-state index contributed by atoms with van der Waals surface area (Å²) in [4.78, 5) is 0. The van der Waals surface area contributed by atoms with E-state index in [1.54, 1.807) is 6.08 Å². The highest BCUT2D eigenvalue weighted by Crippen LogP contribution is 2.23. The molecule has 1 unspecified atom stereocenters. The number of fused-ring (bicyclic) bond motifs is 1. The second-order valence-corrected chi connectivity index (χ2v) is 8.32. The van der Waals surface area contributed by atoms with E-state index in [0.717, 1.165) is 37.4 Å². The molecule has 2 N–H and O–H groups in total. The van der Waals surface area contributed by atoms with Gasteiger partial charge in [0.05, 0.1) is 6.04 Å². The molecule has 1 atom stereocenters. The Bertz CT molecular complexity index is 859. The van der Waals surface area contributed by atoms with Gasteiger partial charge in [-0.05, 0) is 17.6 Å². The van der Waals surface area contributed by atoms with Crippen LogP contribution >= 0.6 is 0 Å². The zero-order valence-electron chi connectivity index (χ0n) is 15.1. The molecule has 140 valence electrons. The van der Waals surface area contributed by atoms with E-state index < -0.39 is 16.1 Å². The average Bonchev–Trinajstić information content (AvgIpc) is 2.86. The van der Waals surface area contributed by atoms with Crippen LogP contribution in [0.25, 0.3) is 6.08 Å². The van der Waals surface area contributed by atoms with Gasteiger partial charge in [0.15, 0.2) is 5.82 Å². The van der Waals surface area contributed by atoms with Crippen molar-refractivity contribution in [2.75, 3.05) is 13.1 Å².